The Morgan fingerprint density at radius 2 is 1.89 bits per heavy atom. The maximum atomic E-state index is 13.4. The molecule has 100 valence electrons. The number of hydrogen-bond donors (Lipinski definition) is 2. The summed E-state index contributed by atoms with van der Waals surface area (Å²) in [4.78, 5) is 0. The molecule has 0 bridgehead atoms. The van der Waals surface area contributed by atoms with Crippen LogP contribution in [-0.4, -0.2) is 26.8 Å². The topological polar surface area (TPSA) is 58.2 Å². The van der Waals surface area contributed by atoms with Crippen LogP contribution in [0.4, 0.5) is 14.5 Å². The average Bonchev–Trinajstić information content (AvgIpc) is 2.35. The first-order chi connectivity index (χ1) is 8.49. The lowest BCUT2D eigenvalue weighted by atomic mass is 10.2. The van der Waals surface area contributed by atoms with Crippen molar-refractivity contribution in [3.8, 4) is 0 Å². The Bertz CT molecular complexity index is 528. The molecule has 2 N–H and O–H groups in total. The zero-order valence-corrected chi connectivity index (χ0v) is 10.4. The zero-order valence-electron chi connectivity index (χ0n) is 9.62. The van der Waals surface area contributed by atoms with Gasteiger partial charge in [-0.1, -0.05) is 0 Å². The van der Waals surface area contributed by atoms with Gasteiger partial charge in [-0.05, 0) is 38.1 Å². The van der Waals surface area contributed by atoms with E-state index in [2.05, 4.69) is 10.0 Å². The first-order valence-corrected chi connectivity index (χ1v) is 7.21. The molecule has 0 radical (unpaired) electrons. The highest BCUT2D eigenvalue weighted by Gasteiger charge is 2.27. The van der Waals surface area contributed by atoms with E-state index in [-0.39, 0.29) is 5.69 Å². The zero-order chi connectivity index (χ0) is 13.2. The maximum Gasteiger partial charge on any atom is 0.235 e. The van der Waals surface area contributed by atoms with E-state index in [4.69, 9.17) is 0 Å². The number of nitrogens with one attached hydrogen (secondary N) is 2. The largest absolute Gasteiger partial charge is 0.317 e. The minimum Gasteiger partial charge on any atom is -0.317 e. The molecule has 1 fully saturated rings. The van der Waals surface area contributed by atoms with Crippen molar-refractivity contribution in [2.75, 3.05) is 17.8 Å². The van der Waals surface area contributed by atoms with Crippen LogP contribution in [-0.2, 0) is 10.0 Å². The van der Waals surface area contributed by atoms with Gasteiger partial charge in [0.1, 0.15) is 11.6 Å². The highest BCUT2D eigenvalue weighted by Crippen LogP contribution is 2.21. The molecule has 7 heteroatoms. The van der Waals surface area contributed by atoms with Crippen LogP contribution in [0.2, 0.25) is 0 Å². The molecule has 4 nitrogen and oxygen atoms in total. The molecule has 0 atom stereocenters. The summed E-state index contributed by atoms with van der Waals surface area (Å²) >= 11 is 0. The molecular weight excluding hydrogens is 262 g/mol. The lowest BCUT2D eigenvalue weighted by Crippen LogP contribution is -2.38. The van der Waals surface area contributed by atoms with Gasteiger partial charge in [-0.3, -0.25) is 4.72 Å². The third-order valence-corrected chi connectivity index (χ3v) is 4.76. The number of rotatable bonds is 3. The highest BCUT2D eigenvalue weighted by molar-refractivity contribution is 7.93. The van der Waals surface area contributed by atoms with Gasteiger partial charge in [0.15, 0.2) is 0 Å². The average molecular weight is 276 g/mol. The Hall–Kier alpha value is -1.21. The number of anilines is 1. The van der Waals surface area contributed by atoms with E-state index in [1.807, 2.05) is 0 Å². The molecule has 1 heterocycles. The fraction of sp³-hybridized carbons (Fsp3) is 0.455. The number of piperidine rings is 1. The van der Waals surface area contributed by atoms with Crippen molar-refractivity contribution < 1.29 is 17.2 Å². The number of benzene rings is 1. The predicted molar refractivity (Wildman–Crippen MR) is 64.8 cm³/mol. The Balaban J connectivity index is 2.18. The standard InChI is InChI=1S/C11H14F2N2O2S/c12-8-1-2-10(13)11(7-8)15-18(16,17)9-3-5-14-6-4-9/h1-2,7,9,14-15H,3-6H2. The van der Waals surface area contributed by atoms with Crippen LogP contribution in [0.1, 0.15) is 12.8 Å². The van der Waals surface area contributed by atoms with Gasteiger partial charge in [0.2, 0.25) is 10.0 Å². The summed E-state index contributed by atoms with van der Waals surface area (Å²) in [6.45, 7) is 1.22. The van der Waals surface area contributed by atoms with Crippen LogP contribution < -0.4 is 10.0 Å². The van der Waals surface area contributed by atoms with E-state index >= 15 is 0 Å². The second-order valence-corrected chi connectivity index (χ2v) is 6.18. The third kappa shape index (κ3) is 2.97. The van der Waals surface area contributed by atoms with Gasteiger partial charge in [0, 0.05) is 6.07 Å². The summed E-state index contributed by atoms with van der Waals surface area (Å²) in [5.41, 5.74) is -0.339. The Labute approximate surface area is 104 Å². The Morgan fingerprint density at radius 3 is 2.56 bits per heavy atom. The van der Waals surface area contributed by atoms with E-state index in [0.29, 0.717) is 25.9 Å². The summed E-state index contributed by atoms with van der Waals surface area (Å²) < 4.78 is 52.4. The van der Waals surface area contributed by atoms with Gasteiger partial charge in [0.05, 0.1) is 10.9 Å². The number of halogens is 2. The number of hydrogen-bond acceptors (Lipinski definition) is 3. The molecule has 1 saturated heterocycles. The van der Waals surface area contributed by atoms with Crippen LogP contribution in [0.15, 0.2) is 18.2 Å². The van der Waals surface area contributed by atoms with E-state index in [1.165, 1.54) is 0 Å². The first kappa shape index (κ1) is 13.2. The van der Waals surface area contributed by atoms with Crippen LogP contribution in [0.5, 0.6) is 0 Å². The quantitative estimate of drug-likeness (QED) is 0.878. The van der Waals surface area contributed by atoms with E-state index in [1.54, 1.807) is 0 Å². The van der Waals surface area contributed by atoms with Crippen LogP contribution >= 0.6 is 0 Å². The number of sulfonamides is 1. The molecule has 0 unspecified atom stereocenters. The monoisotopic (exact) mass is 276 g/mol. The maximum absolute atomic E-state index is 13.4. The molecule has 1 aliphatic heterocycles. The van der Waals surface area contributed by atoms with E-state index in [9.17, 15) is 17.2 Å². The minimum absolute atomic E-state index is 0.339. The molecule has 0 amide bonds. The van der Waals surface area contributed by atoms with Crippen LogP contribution in [0, 0.1) is 11.6 Å². The molecule has 1 aromatic carbocycles. The lowest BCUT2D eigenvalue weighted by molar-refractivity contribution is 0.498. The van der Waals surface area contributed by atoms with Crippen molar-refractivity contribution in [1.82, 2.24) is 5.32 Å². The van der Waals surface area contributed by atoms with Gasteiger partial charge in [-0.2, -0.15) is 0 Å². The molecule has 0 aromatic heterocycles. The molecule has 18 heavy (non-hydrogen) atoms. The predicted octanol–water partition coefficient (Wildman–Crippen LogP) is 1.46. The van der Waals surface area contributed by atoms with E-state index in [0.717, 1.165) is 18.2 Å². The van der Waals surface area contributed by atoms with Crippen LogP contribution in [0.25, 0.3) is 0 Å². The minimum atomic E-state index is -3.67. The van der Waals surface area contributed by atoms with Crippen molar-refractivity contribution in [2.24, 2.45) is 0 Å². The second-order valence-electron chi connectivity index (χ2n) is 4.22. The summed E-state index contributed by atoms with van der Waals surface area (Å²) in [6.07, 6.45) is 0.929. The van der Waals surface area contributed by atoms with Crippen molar-refractivity contribution in [3.05, 3.63) is 29.8 Å². The fourth-order valence-electron chi connectivity index (χ4n) is 1.92. The smallest absolute Gasteiger partial charge is 0.235 e. The van der Waals surface area contributed by atoms with E-state index < -0.39 is 26.9 Å². The van der Waals surface area contributed by atoms with Gasteiger partial charge >= 0.3 is 0 Å². The Kier molecular flexibility index (Phi) is 3.82. The molecule has 0 spiro atoms. The molecule has 0 aliphatic carbocycles. The summed E-state index contributed by atoms with van der Waals surface area (Å²) in [7, 11) is -3.67. The van der Waals surface area contributed by atoms with Crippen molar-refractivity contribution in [3.63, 3.8) is 0 Å². The molecular formula is C11H14F2N2O2S. The normalized spacial score (nSPS) is 17.7. The summed E-state index contributed by atoms with van der Waals surface area (Å²) in [6, 6.07) is 2.68. The van der Waals surface area contributed by atoms with Gasteiger partial charge in [-0.15, -0.1) is 0 Å². The van der Waals surface area contributed by atoms with Gasteiger partial charge in [0.25, 0.3) is 0 Å². The van der Waals surface area contributed by atoms with Crippen molar-refractivity contribution >= 4 is 15.7 Å². The van der Waals surface area contributed by atoms with Gasteiger partial charge in [-0.25, -0.2) is 17.2 Å². The second kappa shape index (κ2) is 5.19. The first-order valence-electron chi connectivity index (χ1n) is 5.66. The van der Waals surface area contributed by atoms with Gasteiger partial charge < -0.3 is 5.32 Å². The highest BCUT2D eigenvalue weighted by atomic mass is 32.2. The molecule has 2 rings (SSSR count). The molecule has 1 aliphatic rings. The summed E-state index contributed by atoms with van der Waals surface area (Å²) in [5, 5.41) is 2.48. The van der Waals surface area contributed by atoms with Crippen molar-refractivity contribution in [2.45, 2.75) is 18.1 Å². The molecule has 1 aromatic rings. The van der Waals surface area contributed by atoms with Crippen molar-refractivity contribution in [1.29, 1.82) is 0 Å². The Morgan fingerprint density at radius 1 is 1.22 bits per heavy atom. The third-order valence-electron chi connectivity index (χ3n) is 2.91. The molecule has 0 saturated carbocycles. The van der Waals surface area contributed by atoms with Crippen LogP contribution in [0.3, 0.4) is 0 Å². The lowest BCUT2D eigenvalue weighted by Gasteiger charge is -2.23. The fourth-order valence-corrected chi connectivity index (χ4v) is 3.40. The summed E-state index contributed by atoms with van der Waals surface area (Å²) in [5.74, 6) is -1.46. The SMILES string of the molecule is O=S(=O)(Nc1cc(F)ccc1F)C1CCNCC1.